The minimum atomic E-state index is -4.67. The molecule has 1 aromatic carbocycles. The maximum absolute atomic E-state index is 13.4. The van der Waals surface area contributed by atoms with Crippen molar-refractivity contribution >= 4 is 5.91 Å². The Bertz CT molecular complexity index is 601. The predicted octanol–water partition coefficient (Wildman–Crippen LogP) is 8.06. The van der Waals surface area contributed by atoms with E-state index in [-0.39, 0.29) is 5.56 Å². The lowest BCUT2D eigenvalue weighted by Crippen LogP contribution is -2.25. The number of hydrogen-bond acceptors (Lipinski definition) is 1. The monoisotopic (exact) mass is 431 g/mol. The van der Waals surface area contributed by atoms with Crippen LogP contribution in [0.4, 0.5) is 17.6 Å². The molecule has 0 saturated carbocycles. The second-order valence-electron chi connectivity index (χ2n) is 8.08. The number of unbranched alkanes of at least 4 members (excludes halogenated alkanes) is 13. The van der Waals surface area contributed by atoms with Gasteiger partial charge in [0.1, 0.15) is 5.82 Å². The number of amides is 1. The zero-order valence-electron chi connectivity index (χ0n) is 18.3. The van der Waals surface area contributed by atoms with E-state index < -0.39 is 23.5 Å². The highest BCUT2D eigenvalue weighted by Crippen LogP contribution is 2.30. The van der Waals surface area contributed by atoms with E-state index in [2.05, 4.69) is 12.2 Å². The SMILES string of the molecule is CCCCCCCCCCCCCCCCNC(=O)c1cc(F)cc(C(F)(F)F)c1. The molecule has 0 aliphatic heterocycles. The molecule has 0 spiro atoms. The summed E-state index contributed by atoms with van der Waals surface area (Å²) >= 11 is 0. The first-order valence-electron chi connectivity index (χ1n) is 11.5. The van der Waals surface area contributed by atoms with Gasteiger partial charge in [-0.05, 0) is 24.6 Å². The first-order chi connectivity index (χ1) is 14.3. The van der Waals surface area contributed by atoms with Crippen LogP contribution in [0.15, 0.2) is 18.2 Å². The van der Waals surface area contributed by atoms with E-state index in [1.807, 2.05) is 0 Å². The number of hydrogen-bond donors (Lipinski definition) is 1. The van der Waals surface area contributed by atoms with Gasteiger partial charge in [-0.3, -0.25) is 4.79 Å². The van der Waals surface area contributed by atoms with Crippen molar-refractivity contribution in [3.05, 3.63) is 35.1 Å². The molecule has 1 amide bonds. The molecule has 172 valence electrons. The van der Waals surface area contributed by atoms with E-state index in [1.54, 1.807) is 0 Å². The molecule has 0 heterocycles. The molecule has 0 aliphatic carbocycles. The molecular weight excluding hydrogens is 394 g/mol. The minimum absolute atomic E-state index is 0.298. The fourth-order valence-corrected chi connectivity index (χ4v) is 3.51. The number of benzene rings is 1. The average molecular weight is 432 g/mol. The van der Waals surface area contributed by atoms with Crippen molar-refractivity contribution in [1.29, 1.82) is 0 Å². The molecule has 0 radical (unpaired) electrons. The Morgan fingerprint density at radius 1 is 0.767 bits per heavy atom. The van der Waals surface area contributed by atoms with Gasteiger partial charge < -0.3 is 5.32 Å². The Morgan fingerprint density at radius 3 is 1.70 bits per heavy atom. The third-order valence-electron chi connectivity index (χ3n) is 5.30. The quantitative estimate of drug-likeness (QED) is 0.208. The van der Waals surface area contributed by atoms with Crippen LogP contribution in [0.25, 0.3) is 0 Å². The number of nitrogens with one attached hydrogen (secondary N) is 1. The van der Waals surface area contributed by atoms with E-state index in [0.29, 0.717) is 18.7 Å². The van der Waals surface area contributed by atoms with Gasteiger partial charge >= 0.3 is 6.18 Å². The molecule has 1 N–H and O–H groups in total. The Labute approximate surface area is 178 Å². The molecule has 0 unspecified atom stereocenters. The second kappa shape index (κ2) is 15.2. The summed E-state index contributed by atoms with van der Waals surface area (Å²) in [5.74, 6) is -1.74. The average Bonchev–Trinajstić information content (AvgIpc) is 2.69. The number of carbonyl (C=O) groups is 1. The number of rotatable bonds is 16. The molecular formula is C24H37F4NO. The summed E-state index contributed by atoms with van der Waals surface area (Å²) in [5.41, 5.74) is -1.45. The standard InChI is InChI=1S/C24H37F4NO/c1-2-3-4-5-6-7-8-9-10-11-12-13-14-15-16-29-23(30)20-17-21(24(26,27)28)19-22(25)18-20/h17-19H,2-16H2,1H3,(H,29,30). The van der Waals surface area contributed by atoms with Gasteiger partial charge in [-0.1, -0.05) is 90.4 Å². The van der Waals surface area contributed by atoms with Gasteiger partial charge in [0.15, 0.2) is 0 Å². The maximum Gasteiger partial charge on any atom is 0.416 e. The summed E-state index contributed by atoms with van der Waals surface area (Å²) in [6.07, 6.45) is 12.5. The van der Waals surface area contributed by atoms with E-state index in [9.17, 15) is 22.4 Å². The summed E-state index contributed by atoms with van der Waals surface area (Å²) in [6.45, 7) is 2.62. The highest BCUT2D eigenvalue weighted by molar-refractivity contribution is 5.94. The molecule has 2 nitrogen and oxygen atoms in total. The van der Waals surface area contributed by atoms with Crippen molar-refractivity contribution in [3.8, 4) is 0 Å². The summed E-state index contributed by atoms with van der Waals surface area (Å²) < 4.78 is 51.5. The number of carbonyl (C=O) groups excluding carboxylic acids is 1. The highest BCUT2D eigenvalue weighted by Gasteiger charge is 2.31. The van der Waals surface area contributed by atoms with Crippen LogP contribution in [0.1, 0.15) is 113 Å². The molecule has 0 fully saturated rings. The van der Waals surface area contributed by atoms with Gasteiger partial charge in [0.2, 0.25) is 0 Å². The summed E-state index contributed by atoms with van der Waals surface area (Å²) in [6, 6.07) is 1.91. The molecule has 1 aromatic rings. The van der Waals surface area contributed by atoms with Gasteiger partial charge in [0, 0.05) is 12.1 Å². The molecule has 0 bridgehead atoms. The maximum atomic E-state index is 13.4. The lowest BCUT2D eigenvalue weighted by atomic mass is 10.0. The van der Waals surface area contributed by atoms with Gasteiger partial charge in [-0.15, -0.1) is 0 Å². The molecule has 0 aliphatic rings. The van der Waals surface area contributed by atoms with Gasteiger partial charge in [-0.25, -0.2) is 4.39 Å². The Morgan fingerprint density at radius 2 is 1.23 bits per heavy atom. The van der Waals surface area contributed by atoms with E-state index in [1.165, 1.54) is 70.6 Å². The van der Waals surface area contributed by atoms with Crippen molar-refractivity contribution in [2.75, 3.05) is 6.54 Å². The lowest BCUT2D eigenvalue weighted by Gasteiger charge is -2.10. The Balaban J connectivity index is 2.03. The zero-order chi connectivity index (χ0) is 22.2. The molecule has 30 heavy (non-hydrogen) atoms. The first kappa shape index (κ1) is 26.4. The van der Waals surface area contributed by atoms with Crippen molar-refractivity contribution in [3.63, 3.8) is 0 Å². The van der Waals surface area contributed by atoms with Crippen LogP contribution in [0.3, 0.4) is 0 Å². The van der Waals surface area contributed by atoms with E-state index >= 15 is 0 Å². The molecule has 0 aromatic heterocycles. The lowest BCUT2D eigenvalue weighted by molar-refractivity contribution is -0.137. The summed E-state index contributed by atoms with van der Waals surface area (Å²) in [7, 11) is 0. The Hall–Kier alpha value is -1.59. The Kier molecular flexibility index (Phi) is 13.4. The predicted molar refractivity (Wildman–Crippen MR) is 114 cm³/mol. The van der Waals surface area contributed by atoms with E-state index in [0.717, 1.165) is 25.3 Å². The normalized spacial score (nSPS) is 11.6. The van der Waals surface area contributed by atoms with Gasteiger partial charge in [0.25, 0.3) is 5.91 Å². The van der Waals surface area contributed by atoms with Crippen LogP contribution in [0.2, 0.25) is 0 Å². The highest BCUT2D eigenvalue weighted by atomic mass is 19.4. The van der Waals surface area contributed by atoms with Crippen LogP contribution in [0.5, 0.6) is 0 Å². The van der Waals surface area contributed by atoms with Crippen LogP contribution in [-0.4, -0.2) is 12.5 Å². The molecule has 0 saturated heterocycles. The first-order valence-corrected chi connectivity index (χ1v) is 11.5. The van der Waals surface area contributed by atoms with Gasteiger partial charge in [-0.2, -0.15) is 13.2 Å². The zero-order valence-corrected chi connectivity index (χ0v) is 18.3. The molecule has 6 heteroatoms. The topological polar surface area (TPSA) is 29.1 Å². The fourth-order valence-electron chi connectivity index (χ4n) is 3.51. The number of alkyl halides is 3. The fraction of sp³-hybridized carbons (Fsp3) is 0.708. The smallest absolute Gasteiger partial charge is 0.352 e. The van der Waals surface area contributed by atoms with Crippen LogP contribution in [0, 0.1) is 5.82 Å². The van der Waals surface area contributed by atoms with Crippen molar-refractivity contribution in [2.24, 2.45) is 0 Å². The molecule has 0 atom stereocenters. The van der Waals surface area contributed by atoms with Crippen molar-refractivity contribution in [2.45, 2.75) is 103 Å². The third-order valence-corrected chi connectivity index (χ3v) is 5.30. The van der Waals surface area contributed by atoms with Crippen LogP contribution < -0.4 is 5.32 Å². The van der Waals surface area contributed by atoms with Crippen molar-refractivity contribution < 1.29 is 22.4 Å². The second-order valence-corrected chi connectivity index (χ2v) is 8.08. The van der Waals surface area contributed by atoms with Crippen LogP contribution >= 0.6 is 0 Å². The minimum Gasteiger partial charge on any atom is -0.352 e. The van der Waals surface area contributed by atoms with Gasteiger partial charge in [0.05, 0.1) is 5.56 Å². The summed E-state index contributed by atoms with van der Waals surface area (Å²) in [4.78, 5) is 12.0. The van der Waals surface area contributed by atoms with E-state index in [4.69, 9.17) is 0 Å². The van der Waals surface area contributed by atoms with Crippen molar-refractivity contribution in [1.82, 2.24) is 5.32 Å². The largest absolute Gasteiger partial charge is 0.416 e. The molecule has 1 rings (SSSR count). The van der Waals surface area contributed by atoms with Crippen LogP contribution in [-0.2, 0) is 6.18 Å². The third kappa shape index (κ3) is 12.2. The summed E-state index contributed by atoms with van der Waals surface area (Å²) in [5, 5.41) is 2.58. The number of halogens is 4.